The lowest BCUT2D eigenvalue weighted by Crippen LogP contribution is -2.02. The van der Waals surface area contributed by atoms with Gasteiger partial charge in [0.25, 0.3) is 5.69 Å². The van der Waals surface area contributed by atoms with Crippen LogP contribution >= 0.6 is 11.3 Å². The largest absolute Gasteiger partial charge is 0.270 e. The van der Waals surface area contributed by atoms with Crippen LogP contribution in [0.3, 0.4) is 0 Å². The molecule has 0 atom stereocenters. The number of rotatable bonds is 3. The number of hydrogen-bond donors (Lipinski definition) is 0. The summed E-state index contributed by atoms with van der Waals surface area (Å²) < 4.78 is 23.7. The zero-order valence-corrected chi connectivity index (χ0v) is 10.4. The van der Waals surface area contributed by atoms with Gasteiger partial charge < -0.3 is 0 Å². The first-order chi connectivity index (χ1) is 7.94. The molecule has 1 heterocycles. The van der Waals surface area contributed by atoms with Gasteiger partial charge in [-0.05, 0) is 6.07 Å². The summed E-state index contributed by atoms with van der Waals surface area (Å²) in [6.07, 6.45) is 0. The van der Waals surface area contributed by atoms with E-state index < -0.39 is 14.8 Å². The highest BCUT2D eigenvalue weighted by molar-refractivity contribution is 7.93. The highest BCUT2D eigenvalue weighted by atomic mass is 32.2. The van der Waals surface area contributed by atoms with Crippen LogP contribution in [0.5, 0.6) is 0 Å². The molecule has 0 amide bonds. The second kappa shape index (κ2) is 4.04. The van der Waals surface area contributed by atoms with Gasteiger partial charge in [-0.15, -0.1) is 11.3 Å². The quantitative estimate of drug-likeness (QED) is 0.629. The van der Waals surface area contributed by atoms with Crippen molar-refractivity contribution < 1.29 is 13.3 Å². The Hall–Kier alpha value is -1.54. The normalized spacial score (nSPS) is 11.8. The van der Waals surface area contributed by atoms with Crippen LogP contribution in [0.15, 0.2) is 22.5 Å². The van der Waals surface area contributed by atoms with Crippen molar-refractivity contribution in [2.45, 2.75) is 11.3 Å². The maximum atomic E-state index is 11.6. The molecule has 0 fully saturated rings. The van der Waals surface area contributed by atoms with Gasteiger partial charge >= 0.3 is 0 Å². The third-order valence-corrected chi connectivity index (χ3v) is 5.42. The van der Waals surface area contributed by atoms with E-state index in [1.165, 1.54) is 25.1 Å². The molecule has 0 spiro atoms. The lowest BCUT2D eigenvalue weighted by atomic mass is 10.3. The molecule has 0 bridgehead atoms. The zero-order chi connectivity index (χ0) is 12.6. The molecule has 0 radical (unpaired) electrons. The van der Waals surface area contributed by atoms with E-state index in [2.05, 4.69) is 4.98 Å². The van der Waals surface area contributed by atoms with Crippen molar-refractivity contribution in [2.24, 2.45) is 0 Å². The van der Waals surface area contributed by atoms with Gasteiger partial charge in [0.2, 0.25) is 14.2 Å². The predicted octanol–water partition coefficient (Wildman–Crippen LogP) is 2.00. The van der Waals surface area contributed by atoms with Crippen LogP contribution in [-0.2, 0) is 9.84 Å². The fraction of sp³-hybridized carbons (Fsp3) is 0.222. The molecule has 2 rings (SSSR count). The van der Waals surface area contributed by atoms with E-state index >= 15 is 0 Å². The Kier molecular flexibility index (Phi) is 2.84. The summed E-state index contributed by atoms with van der Waals surface area (Å²) in [4.78, 5) is 14.0. The molecule has 6 nitrogen and oxygen atoms in total. The summed E-state index contributed by atoms with van der Waals surface area (Å²) in [5, 5.41) is 10.6. The second-order valence-corrected chi connectivity index (χ2v) is 6.77. The molecule has 90 valence electrons. The minimum Gasteiger partial charge on any atom is -0.258 e. The van der Waals surface area contributed by atoms with Crippen molar-refractivity contribution >= 4 is 37.1 Å². The average Bonchev–Trinajstić information content (AvgIpc) is 2.72. The number of fused-ring (bicyclic) bond motifs is 1. The molecule has 0 saturated carbocycles. The Balaban J connectivity index is 2.63. The van der Waals surface area contributed by atoms with Gasteiger partial charge in [0.1, 0.15) is 0 Å². The maximum Gasteiger partial charge on any atom is 0.270 e. The highest BCUT2D eigenvalue weighted by Gasteiger charge is 2.18. The Morgan fingerprint density at radius 3 is 2.76 bits per heavy atom. The van der Waals surface area contributed by atoms with E-state index in [4.69, 9.17) is 0 Å². The SMILES string of the molecule is CCS(=O)(=O)c1nc2ccc([N+](=O)[O-])cc2s1. The third kappa shape index (κ3) is 2.13. The van der Waals surface area contributed by atoms with Crippen LogP contribution in [0.1, 0.15) is 6.92 Å². The number of nitrogens with zero attached hydrogens (tertiary/aromatic N) is 2. The van der Waals surface area contributed by atoms with Crippen LogP contribution in [-0.4, -0.2) is 24.1 Å². The molecule has 1 aromatic heterocycles. The maximum absolute atomic E-state index is 11.6. The van der Waals surface area contributed by atoms with Crippen molar-refractivity contribution in [1.29, 1.82) is 0 Å². The van der Waals surface area contributed by atoms with Crippen molar-refractivity contribution in [3.63, 3.8) is 0 Å². The monoisotopic (exact) mass is 272 g/mol. The minimum atomic E-state index is -3.36. The fourth-order valence-electron chi connectivity index (χ4n) is 1.26. The molecule has 1 aromatic carbocycles. The van der Waals surface area contributed by atoms with Gasteiger partial charge in [-0.3, -0.25) is 10.1 Å². The lowest BCUT2D eigenvalue weighted by molar-refractivity contribution is -0.384. The summed E-state index contributed by atoms with van der Waals surface area (Å²) >= 11 is 0.957. The number of nitro benzene ring substituents is 1. The lowest BCUT2D eigenvalue weighted by Gasteiger charge is -1.91. The van der Waals surface area contributed by atoms with Gasteiger partial charge in [0, 0.05) is 12.1 Å². The van der Waals surface area contributed by atoms with Gasteiger partial charge in [-0.2, -0.15) is 0 Å². The van der Waals surface area contributed by atoms with Crippen molar-refractivity contribution in [3.05, 3.63) is 28.3 Å². The van der Waals surface area contributed by atoms with Gasteiger partial charge in [-0.1, -0.05) is 6.92 Å². The molecule has 0 N–H and O–H groups in total. The fourth-order valence-corrected chi connectivity index (χ4v) is 3.61. The van der Waals surface area contributed by atoms with E-state index in [1.807, 2.05) is 0 Å². The summed E-state index contributed by atoms with van der Waals surface area (Å²) in [5.41, 5.74) is 0.397. The van der Waals surface area contributed by atoms with E-state index in [9.17, 15) is 18.5 Å². The predicted molar refractivity (Wildman–Crippen MR) is 64.0 cm³/mol. The Morgan fingerprint density at radius 2 is 2.18 bits per heavy atom. The standard InChI is InChI=1S/C9H8N2O4S2/c1-2-17(14,15)9-10-7-4-3-6(11(12)13)5-8(7)16-9/h3-5H,2H2,1H3. The number of thiazole rings is 1. The number of benzene rings is 1. The van der Waals surface area contributed by atoms with E-state index in [0.717, 1.165) is 11.3 Å². The van der Waals surface area contributed by atoms with Crippen molar-refractivity contribution in [1.82, 2.24) is 4.98 Å². The third-order valence-electron chi connectivity index (χ3n) is 2.21. The molecule has 0 aliphatic rings. The number of hydrogen-bond acceptors (Lipinski definition) is 6. The second-order valence-electron chi connectivity index (χ2n) is 3.29. The number of nitro groups is 1. The number of aromatic nitrogens is 1. The summed E-state index contributed by atoms with van der Waals surface area (Å²) in [6.45, 7) is 1.53. The van der Waals surface area contributed by atoms with Gasteiger partial charge in [-0.25, -0.2) is 13.4 Å². The Morgan fingerprint density at radius 1 is 1.47 bits per heavy atom. The summed E-state index contributed by atoms with van der Waals surface area (Å²) in [7, 11) is -3.36. The Bertz CT molecular complexity index is 690. The van der Waals surface area contributed by atoms with Crippen LogP contribution in [0.2, 0.25) is 0 Å². The highest BCUT2D eigenvalue weighted by Crippen LogP contribution is 2.29. The number of sulfone groups is 1. The van der Waals surface area contributed by atoms with E-state index in [-0.39, 0.29) is 15.8 Å². The summed E-state index contributed by atoms with van der Waals surface area (Å²) in [5.74, 6) is -0.0328. The molecule has 0 saturated heterocycles. The van der Waals surface area contributed by atoms with E-state index in [0.29, 0.717) is 10.2 Å². The first-order valence-corrected chi connectivity index (χ1v) is 7.18. The van der Waals surface area contributed by atoms with Crippen LogP contribution < -0.4 is 0 Å². The zero-order valence-electron chi connectivity index (χ0n) is 8.78. The van der Waals surface area contributed by atoms with Gasteiger partial charge in [0.15, 0.2) is 0 Å². The smallest absolute Gasteiger partial charge is 0.258 e. The molecular weight excluding hydrogens is 264 g/mol. The van der Waals surface area contributed by atoms with Crippen molar-refractivity contribution in [3.8, 4) is 0 Å². The van der Waals surface area contributed by atoms with Crippen LogP contribution in [0, 0.1) is 10.1 Å². The average molecular weight is 272 g/mol. The molecular formula is C9H8N2O4S2. The van der Waals surface area contributed by atoms with Crippen LogP contribution in [0.25, 0.3) is 10.2 Å². The first kappa shape index (κ1) is 11.9. The topological polar surface area (TPSA) is 90.2 Å². The molecule has 0 aliphatic carbocycles. The molecule has 2 aromatic rings. The first-order valence-electron chi connectivity index (χ1n) is 4.72. The Labute approximate surface area is 101 Å². The molecule has 8 heteroatoms. The van der Waals surface area contributed by atoms with Gasteiger partial charge in [0.05, 0.1) is 20.9 Å². The molecule has 17 heavy (non-hydrogen) atoms. The summed E-state index contributed by atoms with van der Waals surface area (Å²) in [6, 6.07) is 4.10. The number of non-ortho nitro benzene ring substituents is 1. The molecule has 0 unspecified atom stereocenters. The van der Waals surface area contributed by atoms with E-state index in [1.54, 1.807) is 0 Å². The van der Waals surface area contributed by atoms with Crippen LogP contribution in [0.4, 0.5) is 5.69 Å². The van der Waals surface area contributed by atoms with Crippen molar-refractivity contribution in [2.75, 3.05) is 5.75 Å². The minimum absolute atomic E-state index is 0.00972. The molecule has 0 aliphatic heterocycles.